The first-order valence-corrected chi connectivity index (χ1v) is 6.06. The molecule has 2 N–H and O–H groups in total. The summed E-state index contributed by atoms with van der Waals surface area (Å²) in [5.74, 6) is -1.24. The van der Waals surface area contributed by atoms with E-state index in [1.807, 2.05) is 13.8 Å². The van der Waals surface area contributed by atoms with E-state index in [-0.39, 0.29) is 11.3 Å². The number of ether oxygens (including phenoxy) is 1. The summed E-state index contributed by atoms with van der Waals surface area (Å²) in [6.07, 6.45) is 1.39. The summed E-state index contributed by atoms with van der Waals surface area (Å²) in [6.45, 7) is 5.40. The number of amides is 1. The molecule has 1 amide bonds. The normalized spacial score (nSPS) is 10.5. The lowest BCUT2D eigenvalue weighted by molar-refractivity contribution is 0.0689. The summed E-state index contributed by atoms with van der Waals surface area (Å²) in [4.78, 5) is 26.5. The maximum atomic E-state index is 11.8. The van der Waals surface area contributed by atoms with Gasteiger partial charge in [-0.15, -0.1) is 0 Å². The zero-order valence-corrected chi connectivity index (χ0v) is 11.0. The van der Waals surface area contributed by atoms with Crippen molar-refractivity contribution in [3.05, 3.63) is 29.6 Å². The van der Waals surface area contributed by atoms with Crippen molar-refractivity contribution in [1.29, 1.82) is 0 Å². The van der Waals surface area contributed by atoms with Gasteiger partial charge < -0.3 is 15.2 Å². The Morgan fingerprint density at radius 2 is 2.21 bits per heavy atom. The summed E-state index contributed by atoms with van der Waals surface area (Å²) in [5.41, 5.74) is -0.193. The van der Waals surface area contributed by atoms with Crippen LogP contribution in [0.25, 0.3) is 0 Å². The van der Waals surface area contributed by atoms with Crippen LogP contribution in [0.1, 0.15) is 34.7 Å². The molecule has 6 nitrogen and oxygen atoms in total. The third-order valence-corrected chi connectivity index (χ3v) is 2.24. The lowest BCUT2D eigenvalue weighted by Gasteiger charge is -2.08. The number of rotatable bonds is 7. The van der Waals surface area contributed by atoms with Crippen LogP contribution in [0.3, 0.4) is 0 Å². The van der Waals surface area contributed by atoms with Crippen molar-refractivity contribution >= 4 is 11.9 Å². The van der Waals surface area contributed by atoms with Crippen LogP contribution >= 0.6 is 0 Å². The monoisotopic (exact) mass is 266 g/mol. The Labute approximate surface area is 111 Å². The van der Waals surface area contributed by atoms with E-state index in [4.69, 9.17) is 9.84 Å². The molecular weight excluding hydrogens is 248 g/mol. The molecule has 0 saturated heterocycles. The number of nitrogens with one attached hydrogen (secondary N) is 1. The number of pyridine rings is 1. The van der Waals surface area contributed by atoms with Gasteiger partial charge in [0, 0.05) is 19.3 Å². The van der Waals surface area contributed by atoms with E-state index >= 15 is 0 Å². The van der Waals surface area contributed by atoms with Gasteiger partial charge in [-0.25, -0.2) is 4.79 Å². The first kappa shape index (κ1) is 15.1. The van der Waals surface area contributed by atoms with Crippen molar-refractivity contribution in [3.8, 4) is 0 Å². The molecule has 0 spiro atoms. The number of carboxylic acids is 1. The van der Waals surface area contributed by atoms with E-state index in [0.717, 1.165) is 0 Å². The number of carbonyl (C=O) groups excluding carboxylic acids is 1. The van der Waals surface area contributed by atoms with Gasteiger partial charge in [0.25, 0.3) is 5.91 Å². The number of hydrogen-bond donors (Lipinski definition) is 2. The van der Waals surface area contributed by atoms with Gasteiger partial charge in [0.15, 0.2) is 0 Å². The minimum Gasteiger partial charge on any atom is -0.478 e. The van der Waals surface area contributed by atoms with Gasteiger partial charge in [0.2, 0.25) is 0 Å². The van der Waals surface area contributed by atoms with Crippen LogP contribution < -0.4 is 5.32 Å². The Balaban J connectivity index is 2.48. The molecule has 1 rings (SSSR count). The first-order chi connectivity index (χ1) is 9.02. The molecule has 0 fully saturated rings. The SMILES string of the molecule is CC(C)COCCNC(=O)c1ncccc1C(=O)O. The molecular formula is C13H18N2O4. The molecule has 0 saturated carbocycles. The van der Waals surface area contributed by atoms with E-state index < -0.39 is 11.9 Å². The maximum absolute atomic E-state index is 11.8. The Kier molecular flexibility index (Phi) is 5.95. The van der Waals surface area contributed by atoms with Crippen molar-refractivity contribution < 1.29 is 19.4 Å². The van der Waals surface area contributed by atoms with E-state index in [1.165, 1.54) is 18.3 Å². The molecule has 0 aliphatic carbocycles. The number of nitrogens with zero attached hydrogens (tertiary/aromatic N) is 1. The van der Waals surface area contributed by atoms with Crippen LogP contribution in [-0.2, 0) is 4.74 Å². The van der Waals surface area contributed by atoms with Crippen LogP contribution in [-0.4, -0.2) is 41.7 Å². The Bertz CT molecular complexity index is 446. The predicted molar refractivity (Wildman–Crippen MR) is 69.2 cm³/mol. The highest BCUT2D eigenvalue weighted by Gasteiger charge is 2.16. The van der Waals surface area contributed by atoms with Gasteiger partial charge in [0.05, 0.1) is 12.2 Å². The second-order valence-corrected chi connectivity index (χ2v) is 4.43. The molecule has 0 radical (unpaired) electrons. The van der Waals surface area contributed by atoms with E-state index in [9.17, 15) is 9.59 Å². The number of hydrogen-bond acceptors (Lipinski definition) is 4. The van der Waals surface area contributed by atoms with Crippen molar-refractivity contribution in [2.24, 2.45) is 5.92 Å². The minimum atomic E-state index is -1.17. The molecule has 0 aromatic carbocycles. The predicted octanol–water partition coefficient (Wildman–Crippen LogP) is 1.18. The molecule has 0 bridgehead atoms. The third-order valence-electron chi connectivity index (χ3n) is 2.24. The minimum absolute atomic E-state index is 0.0844. The molecule has 1 aromatic heterocycles. The molecule has 19 heavy (non-hydrogen) atoms. The average molecular weight is 266 g/mol. The van der Waals surface area contributed by atoms with Gasteiger partial charge in [-0.1, -0.05) is 13.8 Å². The second kappa shape index (κ2) is 7.48. The lowest BCUT2D eigenvalue weighted by atomic mass is 10.2. The Morgan fingerprint density at radius 3 is 2.84 bits per heavy atom. The Morgan fingerprint density at radius 1 is 1.47 bits per heavy atom. The molecule has 1 aromatic rings. The summed E-state index contributed by atoms with van der Waals surface area (Å²) in [5, 5.41) is 11.5. The zero-order valence-electron chi connectivity index (χ0n) is 11.0. The molecule has 1 heterocycles. The van der Waals surface area contributed by atoms with Gasteiger partial charge >= 0.3 is 5.97 Å². The topological polar surface area (TPSA) is 88.5 Å². The van der Waals surface area contributed by atoms with Crippen LogP contribution in [0.4, 0.5) is 0 Å². The van der Waals surface area contributed by atoms with Crippen molar-refractivity contribution in [2.75, 3.05) is 19.8 Å². The summed E-state index contributed by atoms with van der Waals surface area (Å²) < 4.78 is 5.31. The number of carboxylic acid groups (broad SMARTS) is 1. The summed E-state index contributed by atoms with van der Waals surface area (Å²) in [6, 6.07) is 2.82. The fourth-order valence-corrected chi connectivity index (χ4v) is 1.40. The molecule has 0 aliphatic heterocycles. The summed E-state index contributed by atoms with van der Waals surface area (Å²) >= 11 is 0. The van der Waals surface area contributed by atoms with E-state index in [2.05, 4.69) is 10.3 Å². The molecule has 0 atom stereocenters. The molecule has 104 valence electrons. The van der Waals surface area contributed by atoms with Crippen LogP contribution in [0.2, 0.25) is 0 Å². The van der Waals surface area contributed by atoms with Gasteiger partial charge in [-0.2, -0.15) is 0 Å². The average Bonchev–Trinajstić information content (AvgIpc) is 2.37. The van der Waals surface area contributed by atoms with Gasteiger partial charge in [-0.05, 0) is 18.1 Å². The van der Waals surface area contributed by atoms with Crippen LogP contribution in [0, 0.1) is 5.92 Å². The largest absolute Gasteiger partial charge is 0.478 e. The molecule has 0 aliphatic rings. The van der Waals surface area contributed by atoms with Crippen LogP contribution in [0.5, 0.6) is 0 Å². The molecule has 6 heteroatoms. The van der Waals surface area contributed by atoms with Crippen molar-refractivity contribution in [2.45, 2.75) is 13.8 Å². The second-order valence-electron chi connectivity index (χ2n) is 4.43. The fraction of sp³-hybridized carbons (Fsp3) is 0.462. The quantitative estimate of drug-likeness (QED) is 0.723. The number of carbonyl (C=O) groups is 2. The highest BCUT2D eigenvalue weighted by atomic mass is 16.5. The third kappa shape index (κ3) is 5.05. The highest BCUT2D eigenvalue weighted by molar-refractivity contribution is 6.03. The van der Waals surface area contributed by atoms with E-state index in [1.54, 1.807) is 0 Å². The standard InChI is InChI=1S/C13H18N2O4/c1-9(2)8-19-7-6-15-12(16)11-10(13(17)18)4-3-5-14-11/h3-5,9H,6-8H2,1-2H3,(H,15,16)(H,17,18). The Hall–Kier alpha value is -1.95. The number of aromatic nitrogens is 1. The first-order valence-electron chi connectivity index (χ1n) is 6.06. The van der Waals surface area contributed by atoms with Gasteiger partial charge in [-0.3, -0.25) is 9.78 Å². The summed E-state index contributed by atoms with van der Waals surface area (Å²) in [7, 11) is 0. The smallest absolute Gasteiger partial charge is 0.338 e. The highest BCUT2D eigenvalue weighted by Crippen LogP contribution is 2.04. The van der Waals surface area contributed by atoms with Crippen molar-refractivity contribution in [3.63, 3.8) is 0 Å². The maximum Gasteiger partial charge on any atom is 0.338 e. The van der Waals surface area contributed by atoms with Crippen LogP contribution in [0.15, 0.2) is 18.3 Å². The lowest BCUT2D eigenvalue weighted by Crippen LogP contribution is -2.29. The van der Waals surface area contributed by atoms with Gasteiger partial charge in [0.1, 0.15) is 5.69 Å². The van der Waals surface area contributed by atoms with Crippen molar-refractivity contribution in [1.82, 2.24) is 10.3 Å². The zero-order chi connectivity index (χ0) is 14.3. The number of aromatic carboxylic acids is 1. The fourth-order valence-electron chi connectivity index (χ4n) is 1.40. The molecule has 0 unspecified atom stereocenters. The van der Waals surface area contributed by atoms with E-state index in [0.29, 0.717) is 25.7 Å².